The van der Waals surface area contributed by atoms with Crippen molar-refractivity contribution in [3.63, 3.8) is 0 Å². The number of fused-ring (bicyclic) bond motifs is 3. The van der Waals surface area contributed by atoms with Crippen LogP contribution >= 0.6 is 0 Å². The first-order chi connectivity index (χ1) is 26.2. The van der Waals surface area contributed by atoms with Crippen LogP contribution in [-0.4, -0.2) is 23.4 Å². The molecule has 2 heteroatoms. The SMILES string of the molecule is OCCCCCCCCCCCC1(CCCCCCCCCCCO)c2cc(/C=C/c3ccccc3)ccc2-c2ccc(/C=C/c3ccccc3)cc21. The molecule has 0 fully saturated rings. The molecule has 0 atom stereocenters. The normalized spacial score (nSPS) is 13.2. The Morgan fingerprint density at radius 1 is 0.340 bits per heavy atom. The Morgan fingerprint density at radius 3 is 1.02 bits per heavy atom. The van der Waals surface area contributed by atoms with E-state index >= 15 is 0 Å². The van der Waals surface area contributed by atoms with Crippen LogP contribution in [-0.2, 0) is 5.41 Å². The summed E-state index contributed by atoms with van der Waals surface area (Å²) in [6.45, 7) is 0.658. The van der Waals surface area contributed by atoms with Crippen LogP contribution in [0.4, 0.5) is 0 Å². The lowest BCUT2D eigenvalue weighted by Crippen LogP contribution is -2.25. The highest BCUT2D eigenvalue weighted by atomic mass is 16.3. The molecule has 0 saturated heterocycles. The van der Waals surface area contributed by atoms with Crippen LogP contribution in [0.15, 0.2) is 97.1 Å². The number of hydrogen-bond donors (Lipinski definition) is 2. The van der Waals surface area contributed by atoms with E-state index in [1.807, 2.05) is 0 Å². The van der Waals surface area contributed by atoms with Crippen molar-refractivity contribution in [3.8, 4) is 11.1 Å². The van der Waals surface area contributed by atoms with E-state index in [-0.39, 0.29) is 5.41 Å². The minimum atomic E-state index is 0.0203. The van der Waals surface area contributed by atoms with E-state index in [1.165, 1.54) is 136 Å². The zero-order valence-corrected chi connectivity index (χ0v) is 32.5. The monoisotopic (exact) mass is 711 g/mol. The van der Waals surface area contributed by atoms with Gasteiger partial charge in [0, 0.05) is 18.6 Å². The molecule has 0 aromatic heterocycles. The van der Waals surface area contributed by atoms with E-state index in [2.05, 4.69) is 121 Å². The summed E-state index contributed by atoms with van der Waals surface area (Å²) >= 11 is 0. The molecule has 5 rings (SSSR count). The third kappa shape index (κ3) is 12.7. The van der Waals surface area contributed by atoms with Crippen LogP contribution in [0.3, 0.4) is 0 Å². The zero-order chi connectivity index (χ0) is 36.8. The molecule has 4 aromatic rings. The van der Waals surface area contributed by atoms with Crippen molar-refractivity contribution in [1.82, 2.24) is 0 Å². The molecule has 0 bridgehead atoms. The lowest BCUT2D eigenvalue weighted by molar-refractivity contribution is 0.282. The number of rotatable bonds is 26. The Labute approximate surface area is 322 Å². The van der Waals surface area contributed by atoms with Gasteiger partial charge >= 0.3 is 0 Å². The fraction of sp³-hybridized carbons (Fsp3) is 0.451. The number of unbranched alkanes of at least 4 members (excludes halogenated alkanes) is 16. The molecule has 0 spiro atoms. The highest BCUT2D eigenvalue weighted by Gasteiger charge is 2.42. The minimum absolute atomic E-state index is 0.0203. The molecule has 53 heavy (non-hydrogen) atoms. The van der Waals surface area contributed by atoms with Crippen molar-refractivity contribution < 1.29 is 10.2 Å². The number of aliphatic hydroxyl groups is 2. The second-order valence-electron chi connectivity index (χ2n) is 15.5. The summed E-state index contributed by atoms with van der Waals surface area (Å²) in [5, 5.41) is 18.2. The van der Waals surface area contributed by atoms with Crippen molar-refractivity contribution in [2.75, 3.05) is 13.2 Å². The molecule has 0 unspecified atom stereocenters. The average molecular weight is 711 g/mol. The standard InChI is InChI=1S/C51H66O2/c52-39-23-13-9-5-1-3-7-11-21-37-51(38-22-12-8-4-2-6-10-14-24-40-53)49-41-45(31-29-43-25-17-15-18-26-43)33-35-47(49)48-36-34-46(42-50(48)51)32-30-44-27-19-16-20-28-44/h15-20,25-36,41-42,52-53H,1-14,21-24,37-40H2/b31-29+,32-30+. The molecule has 282 valence electrons. The molecular formula is C51H66O2. The summed E-state index contributed by atoms with van der Waals surface area (Å²) in [6.07, 6.45) is 33.8. The molecule has 0 aliphatic heterocycles. The molecule has 2 N–H and O–H groups in total. The van der Waals surface area contributed by atoms with Gasteiger partial charge in [-0.1, -0.05) is 224 Å². The van der Waals surface area contributed by atoms with Gasteiger partial charge < -0.3 is 10.2 Å². The van der Waals surface area contributed by atoms with E-state index in [1.54, 1.807) is 11.1 Å². The van der Waals surface area contributed by atoms with E-state index in [0.717, 1.165) is 25.7 Å². The third-order valence-electron chi connectivity index (χ3n) is 11.5. The molecule has 0 radical (unpaired) electrons. The van der Waals surface area contributed by atoms with Crippen molar-refractivity contribution in [2.24, 2.45) is 0 Å². The van der Waals surface area contributed by atoms with Crippen LogP contribution in [0.5, 0.6) is 0 Å². The van der Waals surface area contributed by atoms with Gasteiger partial charge in [0.1, 0.15) is 0 Å². The van der Waals surface area contributed by atoms with Gasteiger partial charge in [-0.2, -0.15) is 0 Å². The maximum Gasteiger partial charge on any atom is 0.0431 e. The second-order valence-corrected chi connectivity index (χ2v) is 15.5. The van der Waals surface area contributed by atoms with Crippen LogP contribution in [0.25, 0.3) is 35.4 Å². The summed E-state index contributed by atoms with van der Waals surface area (Å²) < 4.78 is 0. The number of aliphatic hydroxyl groups excluding tert-OH is 2. The van der Waals surface area contributed by atoms with Gasteiger partial charge in [-0.3, -0.25) is 0 Å². The van der Waals surface area contributed by atoms with E-state index in [0.29, 0.717) is 13.2 Å². The van der Waals surface area contributed by atoms with Crippen LogP contribution < -0.4 is 0 Å². The van der Waals surface area contributed by atoms with Crippen LogP contribution in [0, 0.1) is 0 Å². The highest BCUT2D eigenvalue weighted by Crippen LogP contribution is 2.55. The third-order valence-corrected chi connectivity index (χ3v) is 11.5. The average Bonchev–Trinajstić information content (AvgIpc) is 3.46. The van der Waals surface area contributed by atoms with Crippen molar-refractivity contribution >= 4 is 24.3 Å². The highest BCUT2D eigenvalue weighted by molar-refractivity contribution is 5.85. The first-order valence-electron chi connectivity index (χ1n) is 21.2. The van der Waals surface area contributed by atoms with Gasteiger partial charge in [0.05, 0.1) is 0 Å². The molecule has 2 nitrogen and oxygen atoms in total. The fourth-order valence-electron chi connectivity index (χ4n) is 8.47. The number of benzene rings is 4. The van der Waals surface area contributed by atoms with Crippen LogP contribution in [0.2, 0.25) is 0 Å². The summed E-state index contributed by atoms with van der Waals surface area (Å²) in [5.74, 6) is 0. The minimum Gasteiger partial charge on any atom is -0.396 e. The molecule has 1 aliphatic carbocycles. The van der Waals surface area contributed by atoms with Crippen molar-refractivity contribution in [3.05, 3.63) is 130 Å². The maximum absolute atomic E-state index is 9.10. The van der Waals surface area contributed by atoms with E-state index in [4.69, 9.17) is 10.2 Å². The molecule has 1 aliphatic rings. The van der Waals surface area contributed by atoms with E-state index in [9.17, 15) is 0 Å². The topological polar surface area (TPSA) is 40.5 Å². The molecule has 4 aromatic carbocycles. The van der Waals surface area contributed by atoms with Gasteiger partial charge in [0.15, 0.2) is 0 Å². The molecule has 0 heterocycles. The van der Waals surface area contributed by atoms with Crippen molar-refractivity contribution in [2.45, 2.75) is 134 Å². The summed E-state index contributed by atoms with van der Waals surface area (Å²) in [4.78, 5) is 0. The van der Waals surface area contributed by atoms with E-state index < -0.39 is 0 Å². The van der Waals surface area contributed by atoms with Gasteiger partial charge in [-0.25, -0.2) is 0 Å². The Bertz CT molecular complexity index is 1530. The van der Waals surface area contributed by atoms with Crippen molar-refractivity contribution in [1.29, 1.82) is 0 Å². The zero-order valence-electron chi connectivity index (χ0n) is 32.5. The Hall–Kier alpha value is -3.72. The van der Waals surface area contributed by atoms with Gasteiger partial charge in [-0.05, 0) is 70.2 Å². The predicted molar refractivity (Wildman–Crippen MR) is 230 cm³/mol. The quantitative estimate of drug-likeness (QED) is 0.0503. The maximum atomic E-state index is 9.10. The Balaban J connectivity index is 1.38. The summed E-state index contributed by atoms with van der Waals surface area (Å²) in [7, 11) is 0. The van der Waals surface area contributed by atoms with Gasteiger partial charge in [0.25, 0.3) is 0 Å². The first-order valence-corrected chi connectivity index (χ1v) is 21.2. The molecule has 0 saturated carbocycles. The lowest BCUT2D eigenvalue weighted by Gasteiger charge is -2.33. The summed E-state index contributed by atoms with van der Waals surface area (Å²) in [5.41, 5.74) is 11.0. The van der Waals surface area contributed by atoms with Gasteiger partial charge in [0.2, 0.25) is 0 Å². The molecular weight excluding hydrogens is 645 g/mol. The Kier molecular flexibility index (Phi) is 17.7. The second kappa shape index (κ2) is 23.1. The number of hydrogen-bond acceptors (Lipinski definition) is 2. The molecule has 0 amide bonds. The summed E-state index contributed by atoms with van der Waals surface area (Å²) in [6, 6.07) is 35.9. The van der Waals surface area contributed by atoms with Crippen LogP contribution in [0.1, 0.15) is 162 Å². The van der Waals surface area contributed by atoms with Gasteiger partial charge in [-0.15, -0.1) is 0 Å². The largest absolute Gasteiger partial charge is 0.396 e. The lowest BCUT2D eigenvalue weighted by atomic mass is 9.70. The fourth-order valence-corrected chi connectivity index (χ4v) is 8.47. The first kappa shape index (κ1) is 40.5. The Morgan fingerprint density at radius 2 is 0.660 bits per heavy atom. The predicted octanol–water partition coefficient (Wildman–Crippen LogP) is 14.1. The smallest absolute Gasteiger partial charge is 0.0431 e.